The van der Waals surface area contributed by atoms with Crippen molar-refractivity contribution in [1.82, 2.24) is 25.0 Å². The second kappa shape index (κ2) is 8.21. The number of nitrogens with one attached hydrogen (secondary N) is 1. The van der Waals surface area contributed by atoms with E-state index in [4.69, 9.17) is 0 Å². The van der Waals surface area contributed by atoms with E-state index in [1.54, 1.807) is 12.1 Å². The van der Waals surface area contributed by atoms with Gasteiger partial charge in [-0.1, -0.05) is 60.7 Å². The molecule has 2 N–H and O–H groups in total. The van der Waals surface area contributed by atoms with Crippen LogP contribution in [0.2, 0.25) is 0 Å². The van der Waals surface area contributed by atoms with Crippen molar-refractivity contribution < 1.29 is 14.7 Å². The lowest BCUT2D eigenvalue weighted by molar-refractivity contribution is -0.136. The minimum Gasteiger partial charge on any atom is -0.480 e. The zero-order valence-electron chi connectivity index (χ0n) is 18.5. The molecule has 5 aromatic rings. The van der Waals surface area contributed by atoms with Crippen LogP contribution in [0.3, 0.4) is 0 Å². The normalized spacial score (nSPS) is 15.0. The molecule has 0 saturated carbocycles. The minimum atomic E-state index is -1.10. The average molecular weight is 464 g/mol. The van der Waals surface area contributed by atoms with E-state index >= 15 is 0 Å². The van der Waals surface area contributed by atoms with Gasteiger partial charge in [0.25, 0.3) is 0 Å². The molecule has 1 atom stereocenters. The lowest BCUT2D eigenvalue weighted by Crippen LogP contribution is -2.39. The molecule has 3 heterocycles. The van der Waals surface area contributed by atoms with Crippen LogP contribution in [0.15, 0.2) is 78.9 Å². The van der Waals surface area contributed by atoms with Crippen LogP contribution in [0.5, 0.6) is 0 Å². The first-order valence-corrected chi connectivity index (χ1v) is 11.2. The number of carboxylic acid groups (broad SMARTS) is 1. The van der Waals surface area contributed by atoms with Crippen molar-refractivity contribution >= 4 is 28.5 Å². The fraction of sp³-hybridized carbons (Fsp3) is 0.115. The number of benzene rings is 3. The molecule has 0 spiro atoms. The Hall–Kier alpha value is -4.79. The number of H-pyrrole nitrogens is 1. The van der Waals surface area contributed by atoms with Crippen molar-refractivity contribution in [3.05, 3.63) is 90.4 Å². The summed E-state index contributed by atoms with van der Waals surface area (Å²) >= 11 is 0. The molecule has 3 aromatic carbocycles. The van der Waals surface area contributed by atoms with Crippen molar-refractivity contribution in [1.29, 1.82) is 0 Å². The molecule has 0 saturated heterocycles. The molecule has 9 heteroatoms. The maximum Gasteiger partial charge on any atom is 0.323 e. The lowest BCUT2D eigenvalue weighted by Gasteiger charge is -2.23. The molecule has 1 aliphatic rings. The average Bonchev–Trinajstić information content (AvgIpc) is 3.48. The van der Waals surface area contributed by atoms with Gasteiger partial charge in [-0.15, -0.1) is 10.2 Å². The summed E-state index contributed by atoms with van der Waals surface area (Å²) in [5, 5.41) is 26.9. The molecule has 0 radical (unpaired) electrons. The third kappa shape index (κ3) is 3.45. The molecular weight excluding hydrogens is 444 g/mol. The number of carboxylic acids is 1. The Morgan fingerprint density at radius 3 is 2.43 bits per heavy atom. The number of hydrogen-bond donors (Lipinski definition) is 2. The zero-order valence-corrected chi connectivity index (χ0v) is 18.5. The number of aromatic amines is 1. The number of carbonyl (C=O) groups excluding carboxylic acids is 1. The molecule has 6 rings (SSSR count). The monoisotopic (exact) mass is 464 g/mol. The molecule has 1 aliphatic heterocycles. The van der Waals surface area contributed by atoms with E-state index in [1.807, 2.05) is 71.3 Å². The number of aliphatic carboxylic acids is 1. The van der Waals surface area contributed by atoms with Crippen molar-refractivity contribution in [2.45, 2.75) is 12.3 Å². The quantitative estimate of drug-likeness (QED) is 0.411. The fourth-order valence-corrected chi connectivity index (χ4v) is 4.68. The van der Waals surface area contributed by atoms with E-state index in [0.717, 1.165) is 22.2 Å². The van der Waals surface area contributed by atoms with Gasteiger partial charge < -0.3 is 5.11 Å². The Bertz CT molecular complexity index is 1570. The maximum atomic E-state index is 14.0. The maximum absolute atomic E-state index is 14.0. The van der Waals surface area contributed by atoms with E-state index in [2.05, 4.69) is 20.4 Å². The first-order valence-electron chi connectivity index (χ1n) is 11.2. The third-order valence-corrected chi connectivity index (χ3v) is 6.25. The number of aromatic nitrogens is 5. The number of fused-ring (bicyclic) bond motifs is 4. The van der Waals surface area contributed by atoms with Gasteiger partial charge in [0.15, 0.2) is 11.6 Å². The second-order valence-electron chi connectivity index (χ2n) is 8.37. The van der Waals surface area contributed by atoms with Crippen LogP contribution in [0.25, 0.3) is 28.0 Å². The number of carbonyl (C=O) groups is 2. The van der Waals surface area contributed by atoms with E-state index in [9.17, 15) is 14.7 Å². The number of para-hydroxylation sites is 3. The van der Waals surface area contributed by atoms with E-state index in [0.29, 0.717) is 23.0 Å². The van der Waals surface area contributed by atoms with Gasteiger partial charge in [0.1, 0.15) is 12.5 Å². The van der Waals surface area contributed by atoms with Gasteiger partial charge in [-0.25, -0.2) is 0 Å². The van der Waals surface area contributed by atoms with Gasteiger partial charge in [-0.3, -0.25) is 24.2 Å². The van der Waals surface area contributed by atoms with Crippen molar-refractivity contribution in [2.24, 2.45) is 0 Å². The Balaban J connectivity index is 1.58. The second-order valence-corrected chi connectivity index (χ2v) is 8.37. The van der Waals surface area contributed by atoms with Crippen LogP contribution in [-0.4, -0.2) is 48.5 Å². The molecule has 172 valence electrons. The molecule has 9 nitrogen and oxygen atoms in total. The van der Waals surface area contributed by atoms with Crippen LogP contribution >= 0.6 is 0 Å². The van der Waals surface area contributed by atoms with Gasteiger partial charge in [0, 0.05) is 23.1 Å². The molecule has 0 bridgehead atoms. The first kappa shape index (κ1) is 20.8. The molecule has 35 heavy (non-hydrogen) atoms. The summed E-state index contributed by atoms with van der Waals surface area (Å²) in [6, 6.07) is 24.5. The predicted octanol–water partition coefficient (Wildman–Crippen LogP) is 3.57. The Morgan fingerprint density at radius 1 is 0.914 bits per heavy atom. The fourth-order valence-electron chi connectivity index (χ4n) is 4.68. The molecule has 1 unspecified atom stereocenters. The standard InChI is InChI=1S/C26H20N6O3/c33-23(34)15-31-21-12-6-7-13-22(21)32-24(16-8-2-1-3-9-16)29-30-25(32)18(26(31)35)14-20-17-10-4-5-11-19(17)27-28-20/h1-13,18H,14-15H2,(H,27,28)(H,33,34). The Labute approximate surface area is 199 Å². The Kier molecular flexibility index (Phi) is 4.88. The molecule has 1 amide bonds. The molecular formula is C26H20N6O3. The highest BCUT2D eigenvalue weighted by atomic mass is 16.4. The summed E-state index contributed by atoms with van der Waals surface area (Å²) < 4.78 is 1.87. The highest BCUT2D eigenvalue weighted by Crippen LogP contribution is 2.38. The SMILES string of the molecule is O=C(O)CN1C(=O)C(Cc2[nH]nc3ccccc23)c2nnc(-c3ccccc3)n2-c2ccccc21. The van der Waals surface area contributed by atoms with E-state index < -0.39 is 18.4 Å². The third-order valence-electron chi connectivity index (χ3n) is 6.25. The predicted molar refractivity (Wildman–Crippen MR) is 129 cm³/mol. The number of amides is 1. The molecule has 0 aliphatic carbocycles. The molecule has 2 aromatic heterocycles. The van der Waals surface area contributed by atoms with Gasteiger partial charge in [0.2, 0.25) is 5.91 Å². The largest absolute Gasteiger partial charge is 0.480 e. The van der Waals surface area contributed by atoms with Crippen LogP contribution < -0.4 is 4.90 Å². The number of hydrogen-bond acceptors (Lipinski definition) is 5. The minimum absolute atomic E-state index is 0.260. The number of rotatable bonds is 5. The summed E-state index contributed by atoms with van der Waals surface area (Å²) in [6.45, 7) is -0.463. The van der Waals surface area contributed by atoms with Crippen LogP contribution in [-0.2, 0) is 16.0 Å². The van der Waals surface area contributed by atoms with Gasteiger partial charge in [-0.2, -0.15) is 5.10 Å². The van der Waals surface area contributed by atoms with Crippen LogP contribution in [0.4, 0.5) is 5.69 Å². The summed E-state index contributed by atoms with van der Waals surface area (Å²) in [7, 11) is 0. The van der Waals surface area contributed by atoms with Gasteiger partial charge >= 0.3 is 5.97 Å². The van der Waals surface area contributed by atoms with Crippen molar-refractivity contribution in [3.8, 4) is 17.1 Å². The van der Waals surface area contributed by atoms with Crippen molar-refractivity contribution in [2.75, 3.05) is 11.4 Å². The zero-order chi connectivity index (χ0) is 23.9. The topological polar surface area (TPSA) is 117 Å². The summed E-state index contributed by atoms with van der Waals surface area (Å²) in [6.07, 6.45) is 0.260. The van der Waals surface area contributed by atoms with Gasteiger partial charge in [0.05, 0.1) is 16.9 Å². The molecule has 0 fully saturated rings. The van der Waals surface area contributed by atoms with Crippen LogP contribution in [0, 0.1) is 0 Å². The lowest BCUT2D eigenvalue weighted by atomic mass is 9.98. The summed E-state index contributed by atoms with van der Waals surface area (Å²) in [5.74, 6) is -1.20. The Morgan fingerprint density at radius 2 is 1.63 bits per heavy atom. The smallest absolute Gasteiger partial charge is 0.323 e. The highest BCUT2D eigenvalue weighted by Gasteiger charge is 2.38. The van der Waals surface area contributed by atoms with E-state index in [1.165, 1.54) is 4.90 Å². The van der Waals surface area contributed by atoms with Crippen molar-refractivity contribution in [3.63, 3.8) is 0 Å². The highest BCUT2D eigenvalue weighted by molar-refractivity contribution is 6.04. The number of nitrogens with zero attached hydrogens (tertiary/aromatic N) is 5. The summed E-state index contributed by atoms with van der Waals surface area (Å²) in [5.41, 5.74) is 3.55. The van der Waals surface area contributed by atoms with Crippen LogP contribution in [0.1, 0.15) is 17.4 Å². The van der Waals surface area contributed by atoms with Gasteiger partial charge in [-0.05, 0) is 18.2 Å². The first-order chi connectivity index (χ1) is 17.1. The summed E-state index contributed by atoms with van der Waals surface area (Å²) in [4.78, 5) is 27.1. The number of anilines is 1. The van der Waals surface area contributed by atoms with E-state index in [-0.39, 0.29) is 12.3 Å².